The lowest BCUT2D eigenvalue weighted by Crippen LogP contribution is -2.22. The SMILES string of the molecule is CCn1c(CSc2nnc(NCC3CCCO3)s2)nc2cc(S(=O)(=O)N(C)C)ccc21. The highest BCUT2D eigenvalue weighted by atomic mass is 32.2. The smallest absolute Gasteiger partial charge is 0.242 e. The van der Waals surface area contributed by atoms with Gasteiger partial charge in [-0.05, 0) is 38.0 Å². The van der Waals surface area contributed by atoms with Gasteiger partial charge in [-0.2, -0.15) is 0 Å². The van der Waals surface area contributed by atoms with Crippen molar-refractivity contribution in [3.63, 3.8) is 0 Å². The van der Waals surface area contributed by atoms with E-state index in [1.807, 2.05) is 6.07 Å². The summed E-state index contributed by atoms with van der Waals surface area (Å²) in [6.45, 7) is 4.39. The fourth-order valence-corrected chi connectivity index (χ4v) is 6.09. The van der Waals surface area contributed by atoms with E-state index in [9.17, 15) is 8.42 Å². The molecule has 3 heterocycles. The van der Waals surface area contributed by atoms with Crippen molar-refractivity contribution in [1.29, 1.82) is 0 Å². The minimum Gasteiger partial charge on any atom is -0.376 e. The molecule has 168 valence electrons. The van der Waals surface area contributed by atoms with Crippen molar-refractivity contribution in [1.82, 2.24) is 24.1 Å². The van der Waals surface area contributed by atoms with Crippen LogP contribution in [-0.2, 0) is 27.1 Å². The van der Waals surface area contributed by atoms with Crippen molar-refractivity contribution in [3.05, 3.63) is 24.0 Å². The number of ether oxygens (including phenoxy) is 1. The largest absolute Gasteiger partial charge is 0.376 e. The van der Waals surface area contributed by atoms with Gasteiger partial charge in [0.05, 0.1) is 27.8 Å². The minimum atomic E-state index is -3.50. The van der Waals surface area contributed by atoms with Gasteiger partial charge >= 0.3 is 0 Å². The van der Waals surface area contributed by atoms with Crippen LogP contribution in [0.25, 0.3) is 11.0 Å². The molecule has 9 nitrogen and oxygen atoms in total. The van der Waals surface area contributed by atoms with Crippen molar-refractivity contribution in [2.45, 2.75) is 47.4 Å². The van der Waals surface area contributed by atoms with Crippen LogP contribution in [0.1, 0.15) is 25.6 Å². The number of fused-ring (bicyclic) bond motifs is 1. The van der Waals surface area contributed by atoms with Gasteiger partial charge in [0.2, 0.25) is 15.2 Å². The molecule has 3 aromatic rings. The lowest BCUT2D eigenvalue weighted by atomic mass is 10.2. The van der Waals surface area contributed by atoms with Gasteiger partial charge in [0.25, 0.3) is 0 Å². The number of hydrogen-bond acceptors (Lipinski definition) is 9. The van der Waals surface area contributed by atoms with Crippen LogP contribution in [0.15, 0.2) is 27.4 Å². The molecule has 1 saturated heterocycles. The van der Waals surface area contributed by atoms with Crippen LogP contribution in [0, 0.1) is 0 Å². The summed E-state index contributed by atoms with van der Waals surface area (Å²) >= 11 is 3.09. The van der Waals surface area contributed by atoms with Crippen LogP contribution in [-0.4, -0.2) is 65.8 Å². The predicted molar refractivity (Wildman–Crippen MR) is 123 cm³/mol. The first-order valence-electron chi connectivity index (χ1n) is 10.1. The number of thioether (sulfide) groups is 1. The molecule has 2 aromatic heterocycles. The van der Waals surface area contributed by atoms with E-state index in [0.29, 0.717) is 11.3 Å². The Balaban J connectivity index is 1.46. The number of nitrogens with zero attached hydrogens (tertiary/aromatic N) is 5. The number of hydrogen-bond donors (Lipinski definition) is 1. The summed E-state index contributed by atoms with van der Waals surface area (Å²) in [6.07, 6.45) is 2.45. The Morgan fingerprint density at radius 3 is 2.90 bits per heavy atom. The summed E-state index contributed by atoms with van der Waals surface area (Å²) in [4.78, 5) is 4.96. The normalized spacial score (nSPS) is 17.1. The van der Waals surface area contributed by atoms with Crippen LogP contribution in [0.5, 0.6) is 0 Å². The van der Waals surface area contributed by atoms with E-state index in [4.69, 9.17) is 9.72 Å². The van der Waals surface area contributed by atoms with Crippen LogP contribution in [0.4, 0.5) is 5.13 Å². The number of aryl methyl sites for hydroxylation is 1. The van der Waals surface area contributed by atoms with Gasteiger partial charge in [0, 0.05) is 33.8 Å². The number of aromatic nitrogens is 4. The third-order valence-electron chi connectivity index (χ3n) is 5.13. The lowest BCUT2D eigenvalue weighted by molar-refractivity contribution is 0.120. The number of anilines is 1. The number of benzene rings is 1. The standard InChI is InChI=1S/C19H26N6O3S3/c1-4-25-16-8-7-14(31(26,27)24(2)3)10-15(16)21-17(25)12-29-19-23-22-18(30-19)20-11-13-6-5-9-28-13/h7-8,10,13H,4-6,9,11-12H2,1-3H3,(H,20,22). The third-order valence-corrected chi connectivity index (χ3v) is 8.95. The fourth-order valence-electron chi connectivity index (χ4n) is 3.47. The molecule has 0 radical (unpaired) electrons. The zero-order chi connectivity index (χ0) is 22.0. The zero-order valence-electron chi connectivity index (χ0n) is 17.7. The van der Waals surface area contributed by atoms with Crippen molar-refractivity contribution < 1.29 is 13.2 Å². The van der Waals surface area contributed by atoms with E-state index in [1.54, 1.807) is 23.9 Å². The summed E-state index contributed by atoms with van der Waals surface area (Å²) < 4.78 is 34.7. The second-order valence-electron chi connectivity index (χ2n) is 7.39. The Labute approximate surface area is 190 Å². The van der Waals surface area contributed by atoms with Crippen molar-refractivity contribution in [3.8, 4) is 0 Å². The molecule has 1 fully saturated rings. The van der Waals surface area contributed by atoms with Gasteiger partial charge in [-0.25, -0.2) is 17.7 Å². The first kappa shape index (κ1) is 22.5. The summed E-state index contributed by atoms with van der Waals surface area (Å²) in [7, 11) is -0.445. The first-order chi connectivity index (χ1) is 14.9. The van der Waals surface area contributed by atoms with E-state index < -0.39 is 10.0 Å². The van der Waals surface area contributed by atoms with Crippen molar-refractivity contribution >= 4 is 49.3 Å². The van der Waals surface area contributed by atoms with E-state index >= 15 is 0 Å². The fraction of sp³-hybridized carbons (Fsp3) is 0.526. The topological polar surface area (TPSA) is 102 Å². The van der Waals surface area contributed by atoms with Crippen LogP contribution < -0.4 is 5.32 Å². The second kappa shape index (κ2) is 9.41. The lowest BCUT2D eigenvalue weighted by Gasteiger charge is -2.11. The molecule has 1 aliphatic heterocycles. The Morgan fingerprint density at radius 1 is 1.35 bits per heavy atom. The van der Waals surface area contributed by atoms with Gasteiger partial charge in [-0.3, -0.25) is 0 Å². The molecule has 0 saturated carbocycles. The minimum absolute atomic E-state index is 0.246. The van der Waals surface area contributed by atoms with E-state index in [2.05, 4.69) is 27.0 Å². The molecule has 31 heavy (non-hydrogen) atoms. The molecule has 1 aliphatic rings. The summed E-state index contributed by atoms with van der Waals surface area (Å²) in [5.41, 5.74) is 1.60. The zero-order valence-corrected chi connectivity index (χ0v) is 20.2. The van der Waals surface area contributed by atoms with Gasteiger partial charge in [0.1, 0.15) is 5.82 Å². The summed E-state index contributed by atoms with van der Waals surface area (Å²) in [6, 6.07) is 5.11. The molecule has 0 spiro atoms. The molecule has 1 unspecified atom stereocenters. The molecule has 1 atom stereocenters. The Hall–Kier alpha value is -1.73. The maximum absolute atomic E-state index is 12.4. The molecule has 4 rings (SSSR count). The van der Waals surface area contributed by atoms with E-state index in [1.165, 1.54) is 29.7 Å². The number of rotatable bonds is 9. The molecule has 0 aliphatic carbocycles. The van der Waals surface area contributed by atoms with Crippen LogP contribution in [0.3, 0.4) is 0 Å². The molecular weight excluding hydrogens is 456 g/mol. The molecule has 12 heteroatoms. The predicted octanol–water partition coefficient (Wildman–Crippen LogP) is 3.04. The Morgan fingerprint density at radius 2 is 2.19 bits per heavy atom. The van der Waals surface area contributed by atoms with E-state index in [-0.39, 0.29) is 11.0 Å². The molecule has 1 aromatic carbocycles. The highest BCUT2D eigenvalue weighted by Crippen LogP contribution is 2.30. The average molecular weight is 483 g/mol. The maximum Gasteiger partial charge on any atom is 0.242 e. The number of nitrogens with one attached hydrogen (secondary N) is 1. The Kier molecular flexibility index (Phi) is 6.82. The van der Waals surface area contributed by atoms with E-state index in [0.717, 1.165) is 53.4 Å². The second-order valence-corrected chi connectivity index (χ2v) is 11.7. The first-order valence-corrected chi connectivity index (χ1v) is 13.4. The van der Waals surface area contributed by atoms with Gasteiger partial charge < -0.3 is 14.6 Å². The van der Waals surface area contributed by atoms with Crippen molar-refractivity contribution in [2.75, 3.05) is 32.6 Å². The summed E-state index contributed by atoms with van der Waals surface area (Å²) in [5, 5.41) is 12.6. The van der Waals surface area contributed by atoms with Crippen molar-refractivity contribution in [2.24, 2.45) is 0 Å². The maximum atomic E-state index is 12.4. The highest BCUT2D eigenvalue weighted by molar-refractivity contribution is 8.00. The Bertz CT molecular complexity index is 1150. The van der Waals surface area contributed by atoms with Gasteiger partial charge in [-0.1, -0.05) is 23.1 Å². The van der Waals surface area contributed by atoms with Crippen LogP contribution >= 0.6 is 23.1 Å². The molecule has 0 amide bonds. The number of imidazole rings is 1. The molecule has 0 bridgehead atoms. The molecule has 1 N–H and O–H groups in total. The van der Waals surface area contributed by atoms with Crippen LogP contribution in [0.2, 0.25) is 0 Å². The third kappa shape index (κ3) is 4.87. The quantitative estimate of drug-likeness (QED) is 0.464. The molecular formula is C19H26N6O3S3. The summed E-state index contributed by atoms with van der Waals surface area (Å²) in [5.74, 6) is 1.50. The highest BCUT2D eigenvalue weighted by Gasteiger charge is 2.20. The number of sulfonamides is 1. The van der Waals surface area contributed by atoms with Gasteiger partial charge in [0.15, 0.2) is 4.34 Å². The monoisotopic (exact) mass is 482 g/mol. The van der Waals surface area contributed by atoms with Gasteiger partial charge in [-0.15, -0.1) is 10.2 Å². The average Bonchev–Trinajstić information content (AvgIpc) is 3.49.